The van der Waals surface area contributed by atoms with Gasteiger partial charge in [-0.2, -0.15) is 28.6 Å². The van der Waals surface area contributed by atoms with Gasteiger partial charge in [0.1, 0.15) is 0 Å². The van der Waals surface area contributed by atoms with Crippen LogP contribution in [0.5, 0.6) is 0 Å². The number of hydrogen-bond donors (Lipinski definition) is 1. The Labute approximate surface area is 125 Å². The van der Waals surface area contributed by atoms with Crippen LogP contribution in [0.4, 0.5) is 0 Å². The highest BCUT2D eigenvalue weighted by atomic mass is 32.2. The standard InChI is InChI=1S/C14H25N3S2/c1-4-11-8-12(17(5-2)16-11)9-13(15-3)14-10-18-6-7-19-14/h8,13-15H,4-7,9-10H2,1-3H3. The van der Waals surface area contributed by atoms with E-state index in [4.69, 9.17) is 0 Å². The van der Waals surface area contributed by atoms with Crippen LogP contribution >= 0.6 is 23.5 Å². The van der Waals surface area contributed by atoms with Crippen LogP contribution in [-0.4, -0.2) is 45.4 Å². The van der Waals surface area contributed by atoms with E-state index in [1.54, 1.807) is 0 Å². The van der Waals surface area contributed by atoms with Crippen molar-refractivity contribution < 1.29 is 0 Å². The molecule has 0 aromatic carbocycles. The molecule has 0 spiro atoms. The summed E-state index contributed by atoms with van der Waals surface area (Å²) in [6.45, 7) is 5.32. The molecule has 1 aromatic rings. The summed E-state index contributed by atoms with van der Waals surface area (Å²) in [6.07, 6.45) is 2.12. The van der Waals surface area contributed by atoms with Gasteiger partial charge in [0.05, 0.1) is 5.69 Å². The van der Waals surface area contributed by atoms with E-state index >= 15 is 0 Å². The minimum Gasteiger partial charge on any atom is -0.315 e. The molecule has 1 fully saturated rings. The highest BCUT2D eigenvalue weighted by Crippen LogP contribution is 2.27. The molecular weight excluding hydrogens is 274 g/mol. The van der Waals surface area contributed by atoms with E-state index < -0.39 is 0 Å². The van der Waals surface area contributed by atoms with Crippen LogP contribution < -0.4 is 5.32 Å². The molecule has 2 rings (SSSR count). The largest absolute Gasteiger partial charge is 0.315 e. The molecular formula is C14H25N3S2. The maximum Gasteiger partial charge on any atom is 0.0624 e. The van der Waals surface area contributed by atoms with Crippen LogP contribution in [0, 0.1) is 0 Å². The van der Waals surface area contributed by atoms with E-state index in [0.717, 1.165) is 24.6 Å². The predicted molar refractivity (Wildman–Crippen MR) is 87.4 cm³/mol. The summed E-state index contributed by atoms with van der Waals surface area (Å²) >= 11 is 4.22. The second kappa shape index (κ2) is 7.60. The number of thioether (sulfide) groups is 2. The smallest absolute Gasteiger partial charge is 0.0624 e. The number of hydrogen-bond acceptors (Lipinski definition) is 4. The number of aryl methyl sites for hydroxylation is 2. The van der Waals surface area contributed by atoms with Gasteiger partial charge < -0.3 is 5.32 Å². The topological polar surface area (TPSA) is 29.9 Å². The Balaban J connectivity index is 2.06. The van der Waals surface area contributed by atoms with Crippen molar-refractivity contribution in [2.24, 2.45) is 0 Å². The molecule has 2 heterocycles. The Bertz CT molecular complexity index is 386. The van der Waals surface area contributed by atoms with E-state index in [0.29, 0.717) is 6.04 Å². The summed E-state index contributed by atoms with van der Waals surface area (Å²) < 4.78 is 2.17. The van der Waals surface area contributed by atoms with Gasteiger partial charge in [-0.3, -0.25) is 4.68 Å². The minimum atomic E-state index is 0.560. The number of likely N-dealkylation sites (N-methyl/N-ethyl adjacent to an activating group) is 1. The fourth-order valence-corrected chi connectivity index (χ4v) is 5.44. The normalized spacial score (nSPS) is 21.5. The molecule has 0 aliphatic carbocycles. The highest BCUT2D eigenvalue weighted by Gasteiger charge is 2.24. The number of nitrogens with zero attached hydrogens (tertiary/aromatic N) is 2. The fourth-order valence-electron chi connectivity index (χ4n) is 2.51. The van der Waals surface area contributed by atoms with E-state index in [2.05, 4.69) is 65.6 Å². The zero-order valence-corrected chi connectivity index (χ0v) is 13.8. The third-order valence-corrected chi connectivity index (χ3v) is 6.59. The average molecular weight is 300 g/mol. The molecule has 0 saturated carbocycles. The molecule has 1 aliphatic rings. The van der Waals surface area contributed by atoms with E-state index in [9.17, 15) is 0 Å². The van der Waals surface area contributed by atoms with E-state index in [1.165, 1.54) is 28.6 Å². The summed E-state index contributed by atoms with van der Waals surface area (Å²) in [6, 6.07) is 2.85. The van der Waals surface area contributed by atoms with Crippen LogP contribution in [0.2, 0.25) is 0 Å². The first kappa shape index (κ1) is 15.3. The van der Waals surface area contributed by atoms with Gasteiger partial charge in [-0.25, -0.2) is 0 Å². The van der Waals surface area contributed by atoms with Gasteiger partial charge in [0, 0.05) is 47.2 Å². The quantitative estimate of drug-likeness (QED) is 0.874. The number of rotatable bonds is 6. The molecule has 2 unspecified atom stereocenters. The lowest BCUT2D eigenvalue weighted by Gasteiger charge is -2.29. The monoisotopic (exact) mass is 299 g/mol. The maximum absolute atomic E-state index is 4.66. The summed E-state index contributed by atoms with van der Waals surface area (Å²) in [7, 11) is 2.10. The van der Waals surface area contributed by atoms with Gasteiger partial charge in [-0.15, -0.1) is 0 Å². The molecule has 108 valence electrons. The molecule has 1 aliphatic heterocycles. The molecule has 19 heavy (non-hydrogen) atoms. The zero-order chi connectivity index (χ0) is 13.7. The van der Waals surface area contributed by atoms with Crippen LogP contribution in [0.15, 0.2) is 6.07 Å². The molecule has 0 radical (unpaired) electrons. The van der Waals surface area contributed by atoms with Crippen LogP contribution in [-0.2, 0) is 19.4 Å². The molecule has 5 heteroatoms. The Kier molecular flexibility index (Phi) is 6.10. The lowest BCUT2D eigenvalue weighted by Crippen LogP contribution is -2.41. The van der Waals surface area contributed by atoms with Gasteiger partial charge in [0.25, 0.3) is 0 Å². The summed E-state index contributed by atoms with van der Waals surface area (Å²) in [5, 5.41) is 8.91. The SMILES string of the molecule is CCc1cc(CC(NC)C2CSCCS2)n(CC)n1. The van der Waals surface area contributed by atoms with Crippen molar-refractivity contribution in [3.63, 3.8) is 0 Å². The van der Waals surface area contributed by atoms with Crippen LogP contribution in [0.1, 0.15) is 25.2 Å². The lowest BCUT2D eigenvalue weighted by molar-refractivity contribution is 0.520. The van der Waals surface area contributed by atoms with Gasteiger partial charge in [0.2, 0.25) is 0 Å². The van der Waals surface area contributed by atoms with E-state index in [1.807, 2.05) is 0 Å². The first-order valence-electron chi connectivity index (χ1n) is 7.20. The summed E-state index contributed by atoms with van der Waals surface area (Å²) in [4.78, 5) is 0. The van der Waals surface area contributed by atoms with Crippen molar-refractivity contribution in [3.05, 3.63) is 17.5 Å². The van der Waals surface area contributed by atoms with Crippen molar-refractivity contribution in [3.8, 4) is 0 Å². The van der Waals surface area contributed by atoms with Crippen LogP contribution in [0.25, 0.3) is 0 Å². The number of nitrogens with one attached hydrogen (secondary N) is 1. The van der Waals surface area contributed by atoms with Gasteiger partial charge >= 0.3 is 0 Å². The van der Waals surface area contributed by atoms with Crippen molar-refractivity contribution in [1.82, 2.24) is 15.1 Å². The summed E-state index contributed by atoms with van der Waals surface area (Å²) in [5.41, 5.74) is 2.60. The Morgan fingerprint density at radius 1 is 1.47 bits per heavy atom. The molecule has 1 saturated heterocycles. The molecule has 3 nitrogen and oxygen atoms in total. The van der Waals surface area contributed by atoms with Crippen molar-refractivity contribution in [1.29, 1.82) is 0 Å². The third-order valence-electron chi connectivity index (χ3n) is 3.67. The van der Waals surface area contributed by atoms with E-state index in [-0.39, 0.29) is 0 Å². The zero-order valence-electron chi connectivity index (χ0n) is 12.2. The second-order valence-electron chi connectivity index (χ2n) is 4.88. The fraction of sp³-hybridized carbons (Fsp3) is 0.786. The van der Waals surface area contributed by atoms with Crippen molar-refractivity contribution >= 4 is 23.5 Å². The Hall–Kier alpha value is -0.130. The van der Waals surface area contributed by atoms with Gasteiger partial charge in [-0.1, -0.05) is 6.92 Å². The predicted octanol–water partition coefficient (Wildman–Crippen LogP) is 2.44. The van der Waals surface area contributed by atoms with Gasteiger partial charge in [-0.05, 0) is 26.5 Å². The van der Waals surface area contributed by atoms with Crippen molar-refractivity contribution in [2.75, 3.05) is 24.3 Å². The second-order valence-corrected chi connectivity index (χ2v) is 7.38. The number of aromatic nitrogens is 2. The molecule has 2 atom stereocenters. The molecule has 1 aromatic heterocycles. The Morgan fingerprint density at radius 2 is 2.32 bits per heavy atom. The molecule has 0 bridgehead atoms. The van der Waals surface area contributed by atoms with Gasteiger partial charge in [0.15, 0.2) is 0 Å². The average Bonchev–Trinajstić information content (AvgIpc) is 2.87. The minimum absolute atomic E-state index is 0.560. The summed E-state index contributed by atoms with van der Waals surface area (Å²) in [5.74, 6) is 3.88. The molecule has 1 N–H and O–H groups in total. The first-order chi connectivity index (χ1) is 9.28. The maximum atomic E-state index is 4.66. The van der Waals surface area contributed by atoms with Crippen LogP contribution in [0.3, 0.4) is 0 Å². The lowest BCUT2D eigenvalue weighted by atomic mass is 10.1. The highest BCUT2D eigenvalue weighted by molar-refractivity contribution is 8.06. The third kappa shape index (κ3) is 3.92. The molecule has 0 amide bonds. The van der Waals surface area contributed by atoms with Crippen molar-refractivity contribution in [2.45, 2.75) is 44.5 Å². The first-order valence-corrected chi connectivity index (χ1v) is 9.41. The Morgan fingerprint density at radius 3 is 2.89 bits per heavy atom.